The highest BCUT2D eigenvalue weighted by atomic mass is 16.1. The van der Waals surface area contributed by atoms with Crippen molar-refractivity contribution in [3.63, 3.8) is 0 Å². The van der Waals surface area contributed by atoms with Gasteiger partial charge in [-0.3, -0.25) is 4.79 Å². The fraction of sp³-hybridized carbons (Fsp3) is 0.583. The van der Waals surface area contributed by atoms with Gasteiger partial charge in [0.25, 0.3) is 0 Å². The number of carbonyl (C=O) groups is 1. The van der Waals surface area contributed by atoms with Crippen LogP contribution in [0.25, 0.3) is 0 Å². The Kier molecular flexibility index (Phi) is 5.35. The second kappa shape index (κ2) is 6.78. The third kappa shape index (κ3) is 4.20. The zero-order valence-corrected chi connectivity index (χ0v) is 11.2. The summed E-state index contributed by atoms with van der Waals surface area (Å²) in [6, 6.07) is 1.73. The minimum Gasteiger partial charge on any atom is -0.384 e. The molecule has 1 aromatic heterocycles. The molecule has 0 aliphatic heterocycles. The molecule has 0 saturated heterocycles. The van der Waals surface area contributed by atoms with Crippen LogP contribution in [0.2, 0.25) is 0 Å². The molecule has 0 fully saturated rings. The Balaban J connectivity index is 2.72. The van der Waals surface area contributed by atoms with Crippen LogP contribution in [-0.4, -0.2) is 36.5 Å². The molecule has 100 valence electrons. The quantitative estimate of drug-likeness (QED) is 0.772. The number of carbonyl (C=O) groups excluding carboxylic acids is 1. The summed E-state index contributed by atoms with van der Waals surface area (Å²) >= 11 is 0. The molecule has 1 aromatic rings. The Labute approximate surface area is 108 Å². The van der Waals surface area contributed by atoms with Gasteiger partial charge in [0.2, 0.25) is 5.91 Å². The number of aryl methyl sites for hydroxylation is 1. The van der Waals surface area contributed by atoms with Gasteiger partial charge in [-0.2, -0.15) is 0 Å². The van der Waals surface area contributed by atoms with Gasteiger partial charge in [-0.15, -0.1) is 0 Å². The van der Waals surface area contributed by atoms with Crippen LogP contribution >= 0.6 is 0 Å². The van der Waals surface area contributed by atoms with Crippen molar-refractivity contribution < 1.29 is 4.79 Å². The molecule has 18 heavy (non-hydrogen) atoms. The Bertz CT molecular complexity index is 407. The van der Waals surface area contributed by atoms with Gasteiger partial charge in [-0.1, -0.05) is 6.92 Å². The van der Waals surface area contributed by atoms with Crippen LogP contribution < -0.4 is 16.0 Å². The van der Waals surface area contributed by atoms with E-state index in [0.717, 1.165) is 24.5 Å². The Morgan fingerprint density at radius 3 is 2.83 bits per heavy atom. The highest BCUT2D eigenvalue weighted by Crippen LogP contribution is 2.13. The van der Waals surface area contributed by atoms with Gasteiger partial charge in [0.1, 0.15) is 17.5 Å². The number of hydrogen-bond acceptors (Lipinski definition) is 5. The molecule has 0 bridgehead atoms. The van der Waals surface area contributed by atoms with Crippen molar-refractivity contribution in [1.29, 1.82) is 0 Å². The minimum absolute atomic E-state index is 0.0117. The van der Waals surface area contributed by atoms with E-state index >= 15 is 0 Å². The number of amides is 1. The predicted molar refractivity (Wildman–Crippen MR) is 72.4 cm³/mol. The summed E-state index contributed by atoms with van der Waals surface area (Å²) in [5, 5.41) is 2.59. The van der Waals surface area contributed by atoms with Crippen molar-refractivity contribution in [2.75, 3.05) is 31.3 Å². The number of aromatic nitrogens is 2. The predicted octanol–water partition coefficient (Wildman–Crippen LogP) is 0.584. The van der Waals surface area contributed by atoms with Crippen LogP contribution in [0.5, 0.6) is 0 Å². The standard InChI is InChI=1S/C12H21N5O/c1-4-5-10-15-9(13)8-11(16-10)17(3)7-6-12(18)14-2/h8H,4-7H2,1-3H3,(H,14,18)(H2,13,15,16). The van der Waals surface area contributed by atoms with Crippen LogP contribution in [0.4, 0.5) is 11.6 Å². The lowest BCUT2D eigenvalue weighted by atomic mass is 10.3. The van der Waals surface area contributed by atoms with Crippen molar-refractivity contribution in [2.24, 2.45) is 0 Å². The molecule has 1 heterocycles. The summed E-state index contributed by atoms with van der Waals surface area (Å²) in [6.45, 7) is 2.67. The van der Waals surface area contributed by atoms with Gasteiger partial charge in [-0.05, 0) is 6.42 Å². The average molecular weight is 251 g/mol. The van der Waals surface area contributed by atoms with E-state index in [-0.39, 0.29) is 5.91 Å². The van der Waals surface area contributed by atoms with Crippen molar-refractivity contribution in [3.8, 4) is 0 Å². The van der Waals surface area contributed by atoms with Gasteiger partial charge >= 0.3 is 0 Å². The molecule has 6 nitrogen and oxygen atoms in total. The highest BCUT2D eigenvalue weighted by molar-refractivity contribution is 5.76. The normalized spacial score (nSPS) is 10.2. The van der Waals surface area contributed by atoms with Crippen molar-refractivity contribution in [3.05, 3.63) is 11.9 Å². The van der Waals surface area contributed by atoms with Crippen molar-refractivity contribution in [2.45, 2.75) is 26.2 Å². The van der Waals surface area contributed by atoms with Crippen LogP contribution in [0.15, 0.2) is 6.07 Å². The van der Waals surface area contributed by atoms with E-state index in [1.54, 1.807) is 13.1 Å². The first kappa shape index (κ1) is 14.2. The molecule has 1 amide bonds. The van der Waals surface area contributed by atoms with Gasteiger partial charge in [0.05, 0.1) is 0 Å². The number of hydrogen-bond donors (Lipinski definition) is 2. The van der Waals surface area contributed by atoms with Gasteiger partial charge < -0.3 is 16.0 Å². The zero-order chi connectivity index (χ0) is 13.5. The SMILES string of the molecule is CCCc1nc(N)cc(N(C)CCC(=O)NC)n1. The molecule has 0 unspecified atom stereocenters. The van der Waals surface area contributed by atoms with E-state index in [9.17, 15) is 4.79 Å². The van der Waals surface area contributed by atoms with E-state index in [1.807, 2.05) is 11.9 Å². The summed E-state index contributed by atoms with van der Waals surface area (Å²) in [7, 11) is 3.52. The van der Waals surface area contributed by atoms with Gasteiger partial charge in [-0.25, -0.2) is 9.97 Å². The molecule has 0 atom stereocenters. The molecule has 3 N–H and O–H groups in total. The number of rotatable bonds is 6. The second-order valence-corrected chi connectivity index (χ2v) is 4.16. The lowest BCUT2D eigenvalue weighted by Crippen LogP contribution is -2.27. The largest absolute Gasteiger partial charge is 0.384 e. The average Bonchev–Trinajstić information content (AvgIpc) is 2.35. The Morgan fingerprint density at radius 1 is 1.50 bits per heavy atom. The number of nitrogen functional groups attached to an aromatic ring is 1. The number of nitrogens with one attached hydrogen (secondary N) is 1. The molecule has 0 spiro atoms. The Hall–Kier alpha value is -1.85. The lowest BCUT2D eigenvalue weighted by Gasteiger charge is -2.18. The zero-order valence-electron chi connectivity index (χ0n) is 11.2. The van der Waals surface area contributed by atoms with Gasteiger partial charge in [0.15, 0.2) is 0 Å². The first-order valence-corrected chi connectivity index (χ1v) is 6.12. The van der Waals surface area contributed by atoms with E-state index < -0.39 is 0 Å². The lowest BCUT2D eigenvalue weighted by molar-refractivity contribution is -0.120. The molecule has 0 aliphatic rings. The molecule has 0 aromatic carbocycles. The first-order valence-electron chi connectivity index (χ1n) is 6.12. The molecular formula is C12H21N5O. The molecule has 0 aliphatic carbocycles. The monoisotopic (exact) mass is 251 g/mol. The highest BCUT2D eigenvalue weighted by Gasteiger charge is 2.08. The van der Waals surface area contributed by atoms with E-state index in [2.05, 4.69) is 22.2 Å². The molecule has 6 heteroatoms. The number of nitrogens with two attached hydrogens (primary N) is 1. The molecule has 0 radical (unpaired) electrons. The van der Waals surface area contributed by atoms with Crippen LogP contribution in [0.3, 0.4) is 0 Å². The van der Waals surface area contributed by atoms with Crippen molar-refractivity contribution >= 4 is 17.5 Å². The molecule has 1 rings (SSSR count). The van der Waals surface area contributed by atoms with Crippen LogP contribution in [0, 0.1) is 0 Å². The summed E-state index contributed by atoms with van der Waals surface area (Å²) in [6.07, 6.45) is 2.21. The topological polar surface area (TPSA) is 84.1 Å². The third-order valence-corrected chi connectivity index (χ3v) is 2.60. The maximum atomic E-state index is 11.2. The maximum Gasteiger partial charge on any atom is 0.221 e. The fourth-order valence-electron chi connectivity index (χ4n) is 1.54. The van der Waals surface area contributed by atoms with E-state index in [0.29, 0.717) is 18.8 Å². The van der Waals surface area contributed by atoms with Crippen LogP contribution in [0.1, 0.15) is 25.6 Å². The third-order valence-electron chi connectivity index (χ3n) is 2.60. The van der Waals surface area contributed by atoms with Crippen molar-refractivity contribution in [1.82, 2.24) is 15.3 Å². The second-order valence-electron chi connectivity index (χ2n) is 4.16. The summed E-state index contributed by atoms with van der Waals surface area (Å²) in [4.78, 5) is 21.7. The molecular weight excluding hydrogens is 230 g/mol. The summed E-state index contributed by atoms with van der Waals surface area (Å²) in [5.74, 6) is 1.99. The maximum absolute atomic E-state index is 11.2. The Morgan fingerprint density at radius 2 is 2.22 bits per heavy atom. The first-order chi connectivity index (χ1) is 8.56. The number of nitrogens with zero attached hydrogens (tertiary/aromatic N) is 3. The van der Waals surface area contributed by atoms with E-state index in [1.165, 1.54) is 0 Å². The number of anilines is 2. The smallest absolute Gasteiger partial charge is 0.221 e. The van der Waals surface area contributed by atoms with Gasteiger partial charge in [0, 0.05) is 39.5 Å². The minimum atomic E-state index is 0.0117. The summed E-state index contributed by atoms with van der Waals surface area (Å²) in [5.41, 5.74) is 5.75. The summed E-state index contributed by atoms with van der Waals surface area (Å²) < 4.78 is 0. The molecule has 0 saturated carbocycles. The fourth-order valence-corrected chi connectivity index (χ4v) is 1.54. The van der Waals surface area contributed by atoms with E-state index in [4.69, 9.17) is 5.73 Å². The van der Waals surface area contributed by atoms with Crippen LogP contribution in [-0.2, 0) is 11.2 Å².